The predicted octanol–water partition coefficient (Wildman–Crippen LogP) is 3.01. The number of aliphatic imine (C=N–C) groups is 1. The topological polar surface area (TPSA) is 48.9 Å². The van der Waals surface area contributed by atoms with E-state index in [1.807, 2.05) is 19.9 Å². The van der Waals surface area contributed by atoms with Gasteiger partial charge in [0.15, 0.2) is 17.5 Å². The molecule has 5 nitrogen and oxygen atoms in total. The molecule has 1 aromatic rings. The van der Waals surface area contributed by atoms with Crippen LogP contribution in [0, 0.1) is 11.7 Å². The Hall–Kier alpha value is -1.82. The first-order chi connectivity index (χ1) is 12.4. The molecule has 0 spiro atoms. The molecule has 0 amide bonds. The monoisotopic (exact) mass is 364 g/mol. The van der Waals surface area contributed by atoms with Gasteiger partial charge in [-0.1, -0.05) is 13.0 Å². The molecule has 1 aliphatic rings. The molecule has 2 unspecified atom stereocenters. The van der Waals surface area contributed by atoms with Gasteiger partial charge in [-0.05, 0) is 51.3 Å². The average molecular weight is 365 g/mol. The number of guanidine groups is 1. The van der Waals surface area contributed by atoms with Crippen LogP contribution >= 0.6 is 0 Å². The van der Waals surface area contributed by atoms with Crippen LogP contribution in [0.3, 0.4) is 0 Å². The summed E-state index contributed by atoms with van der Waals surface area (Å²) in [7, 11) is 0. The molecule has 6 heteroatoms. The van der Waals surface area contributed by atoms with Crippen LogP contribution in [0.1, 0.15) is 40.2 Å². The lowest BCUT2D eigenvalue weighted by Crippen LogP contribution is -2.46. The van der Waals surface area contributed by atoms with E-state index < -0.39 is 0 Å². The molecule has 2 N–H and O–H groups in total. The van der Waals surface area contributed by atoms with Crippen LogP contribution in [0.25, 0.3) is 0 Å². The molecule has 2 rings (SSSR count). The minimum absolute atomic E-state index is 0.291. The van der Waals surface area contributed by atoms with Gasteiger partial charge >= 0.3 is 0 Å². The van der Waals surface area contributed by atoms with Crippen LogP contribution in [0.15, 0.2) is 23.2 Å². The number of rotatable bonds is 7. The van der Waals surface area contributed by atoms with E-state index in [0.717, 1.165) is 31.2 Å². The highest BCUT2D eigenvalue weighted by Crippen LogP contribution is 2.20. The van der Waals surface area contributed by atoms with Crippen molar-refractivity contribution in [3.63, 3.8) is 0 Å². The van der Waals surface area contributed by atoms with Crippen molar-refractivity contribution >= 4 is 5.96 Å². The van der Waals surface area contributed by atoms with Crippen LogP contribution in [-0.4, -0.2) is 49.2 Å². The SMILES string of the molecule is CCNC(=NCc1ccc(OCC)c(F)c1)NC1CN(C(C)C)CC1C. The van der Waals surface area contributed by atoms with Gasteiger partial charge in [0.1, 0.15) is 0 Å². The Kier molecular flexibility index (Phi) is 7.69. The Morgan fingerprint density at radius 1 is 1.35 bits per heavy atom. The largest absolute Gasteiger partial charge is 0.491 e. The first-order valence-electron chi connectivity index (χ1n) is 9.64. The first kappa shape index (κ1) is 20.5. The van der Waals surface area contributed by atoms with Crippen LogP contribution < -0.4 is 15.4 Å². The van der Waals surface area contributed by atoms with Crippen molar-refractivity contribution in [2.75, 3.05) is 26.2 Å². The Morgan fingerprint density at radius 3 is 2.69 bits per heavy atom. The average Bonchev–Trinajstić information content (AvgIpc) is 2.96. The van der Waals surface area contributed by atoms with E-state index in [9.17, 15) is 4.39 Å². The number of hydrogen-bond acceptors (Lipinski definition) is 3. The lowest BCUT2D eigenvalue weighted by Gasteiger charge is -2.22. The second-order valence-corrected chi connectivity index (χ2v) is 7.17. The Balaban J connectivity index is 2.01. The maximum Gasteiger partial charge on any atom is 0.191 e. The molecule has 1 fully saturated rings. The maximum absolute atomic E-state index is 14.0. The van der Waals surface area contributed by atoms with Crippen LogP contribution in [0.4, 0.5) is 4.39 Å². The summed E-state index contributed by atoms with van der Waals surface area (Å²) < 4.78 is 19.2. The number of ether oxygens (including phenoxy) is 1. The van der Waals surface area contributed by atoms with E-state index in [0.29, 0.717) is 36.9 Å². The summed E-state index contributed by atoms with van der Waals surface area (Å²) in [5.41, 5.74) is 0.825. The van der Waals surface area contributed by atoms with Crippen molar-refractivity contribution in [3.8, 4) is 5.75 Å². The van der Waals surface area contributed by atoms with E-state index in [1.54, 1.807) is 6.07 Å². The summed E-state index contributed by atoms with van der Waals surface area (Å²) in [5, 5.41) is 6.84. The van der Waals surface area contributed by atoms with Gasteiger partial charge in [-0.2, -0.15) is 0 Å². The molecule has 26 heavy (non-hydrogen) atoms. The Bertz CT molecular complexity index is 605. The van der Waals surface area contributed by atoms with Gasteiger partial charge in [-0.3, -0.25) is 4.90 Å². The third-order valence-corrected chi connectivity index (χ3v) is 4.75. The standard InChI is InChI=1S/C20H33FN4O/c1-6-22-20(24-18-13-25(14(3)4)12-15(18)5)23-11-16-8-9-19(26-7-2)17(21)10-16/h8-10,14-15,18H,6-7,11-13H2,1-5H3,(H2,22,23,24). The molecule has 0 saturated carbocycles. The van der Waals surface area contributed by atoms with Gasteiger partial charge in [0.25, 0.3) is 0 Å². The molecular formula is C20H33FN4O. The van der Waals surface area contributed by atoms with Gasteiger partial charge in [0, 0.05) is 31.7 Å². The minimum Gasteiger partial charge on any atom is -0.491 e. The second kappa shape index (κ2) is 9.76. The zero-order chi connectivity index (χ0) is 19.1. The fourth-order valence-electron chi connectivity index (χ4n) is 3.20. The summed E-state index contributed by atoms with van der Waals surface area (Å²) in [6.07, 6.45) is 0. The highest BCUT2D eigenvalue weighted by molar-refractivity contribution is 5.80. The van der Waals surface area contributed by atoms with Gasteiger partial charge in [-0.15, -0.1) is 0 Å². The number of nitrogens with zero attached hydrogens (tertiary/aromatic N) is 2. The number of nitrogens with one attached hydrogen (secondary N) is 2. The van der Waals surface area contributed by atoms with Crippen molar-refractivity contribution in [1.82, 2.24) is 15.5 Å². The lowest BCUT2D eigenvalue weighted by molar-refractivity contribution is 0.265. The molecular weight excluding hydrogens is 331 g/mol. The summed E-state index contributed by atoms with van der Waals surface area (Å²) in [6, 6.07) is 5.95. The van der Waals surface area contributed by atoms with Crippen LogP contribution in [-0.2, 0) is 6.54 Å². The van der Waals surface area contributed by atoms with E-state index in [1.165, 1.54) is 6.07 Å². The molecule has 1 aliphatic heterocycles. The third kappa shape index (κ3) is 5.59. The number of halogens is 1. The van der Waals surface area contributed by atoms with Crippen molar-refractivity contribution < 1.29 is 9.13 Å². The number of benzene rings is 1. The van der Waals surface area contributed by atoms with E-state index in [2.05, 4.69) is 41.3 Å². The van der Waals surface area contributed by atoms with Crippen molar-refractivity contribution in [3.05, 3.63) is 29.6 Å². The lowest BCUT2D eigenvalue weighted by atomic mass is 10.1. The fourth-order valence-corrected chi connectivity index (χ4v) is 3.20. The normalized spacial score (nSPS) is 21.3. The van der Waals surface area contributed by atoms with Crippen LogP contribution in [0.2, 0.25) is 0 Å². The quantitative estimate of drug-likeness (QED) is 0.577. The zero-order valence-electron chi connectivity index (χ0n) is 16.7. The molecule has 1 aromatic carbocycles. The van der Waals surface area contributed by atoms with Crippen molar-refractivity contribution in [1.29, 1.82) is 0 Å². The zero-order valence-corrected chi connectivity index (χ0v) is 16.7. The molecule has 1 heterocycles. The smallest absolute Gasteiger partial charge is 0.191 e. The molecule has 0 bridgehead atoms. The van der Waals surface area contributed by atoms with Crippen LogP contribution in [0.5, 0.6) is 5.75 Å². The summed E-state index contributed by atoms with van der Waals surface area (Å²) in [4.78, 5) is 7.12. The molecule has 146 valence electrons. The molecule has 1 saturated heterocycles. The summed E-state index contributed by atoms with van der Waals surface area (Å²) in [5.74, 6) is 1.29. The van der Waals surface area contributed by atoms with Gasteiger partial charge in [0.2, 0.25) is 0 Å². The number of likely N-dealkylation sites (tertiary alicyclic amines) is 1. The maximum atomic E-state index is 14.0. The van der Waals surface area contributed by atoms with Gasteiger partial charge in [0.05, 0.1) is 13.2 Å². The fraction of sp³-hybridized carbons (Fsp3) is 0.650. The van der Waals surface area contributed by atoms with Gasteiger partial charge in [-0.25, -0.2) is 9.38 Å². The van der Waals surface area contributed by atoms with Gasteiger partial charge < -0.3 is 15.4 Å². The van der Waals surface area contributed by atoms with Crippen molar-refractivity contribution in [2.24, 2.45) is 10.9 Å². The van der Waals surface area contributed by atoms with E-state index in [4.69, 9.17) is 4.74 Å². The van der Waals surface area contributed by atoms with E-state index >= 15 is 0 Å². The highest BCUT2D eigenvalue weighted by Gasteiger charge is 2.31. The predicted molar refractivity (Wildman–Crippen MR) is 105 cm³/mol. The van der Waals surface area contributed by atoms with E-state index in [-0.39, 0.29) is 5.82 Å². The first-order valence-corrected chi connectivity index (χ1v) is 9.64. The second-order valence-electron chi connectivity index (χ2n) is 7.17. The molecule has 2 atom stereocenters. The number of hydrogen-bond donors (Lipinski definition) is 2. The highest BCUT2D eigenvalue weighted by atomic mass is 19.1. The Labute approximate surface area is 157 Å². The summed E-state index contributed by atoms with van der Waals surface area (Å²) >= 11 is 0. The Morgan fingerprint density at radius 2 is 2.12 bits per heavy atom. The molecule has 0 aliphatic carbocycles. The third-order valence-electron chi connectivity index (χ3n) is 4.75. The van der Waals surface area contributed by atoms with Crippen molar-refractivity contribution in [2.45, 2.75) is 53.2 Å². The summed E-state index contributed by atoms with van der Waals surface area (Å²) in [6.45, 7) is 14.4. The molecule has 0 aromatic heterocycles. The minimum atomic E-state index is -0.338. The molecule has 0 radical (unpaired) electrons.